The van der Waals surface area contributed by atoms with E-state index in [1.807, 2.05) is 6.07 Å². The molecular weight excluding hydrogens is 339 g/mol. The van der Waals surface area contributed by atoms with Crippen molar-refractivity contribution >= 4 is 22.5 Å². The third-order valence-corrected chi connectivity index (χ3v) is 4.54. The molecule has 1 heterocycles. The molecule has 0 aliphatic rings. The van der Waals surface area contributed by atoms with Gasteiger partial charge in [-0.1, -0.05) is 24.9 Å². The van der Waals surface area contributed by atoms with E-state index in [0.717, 1.165) is 29.4 Å². The summed E-state index contributed by atoms with van der Waals surface area (Å²) in [6, 6.07) is 13.8. The van der Waals surface area contributed by atoms with Crippen LogP contribution < -0.4 is 4.74 Å². The summed E-state index contributed by atoms with van der Waals surface area (Å²) >= 11 is 6.37. The molecule has 0 unspecified atom stereocenters. The number of ether oxygens (including phenoxy) is 1. The number of fused-ring (bicyclic) bond motifs is 1. The molecule has 0 saturated carbocycles. The fourth-order valence-electron chi connectivity index (χ4n) is 2.95. The third kappa shape index (κ3) is 3.62. The molecule has 0 bridgehead atoms. The highest BCUT2D eigenvalue weighted by atomic mass is 35.5. The number of aryl methyl sites for hydroxylation is 1. The minimum Gasteiger partial charge on any atom is -0.492 e. The second kappa shape index (κ2) is 7.58. The maximum atomic E-state index is 12.9. The van der Waals surface area contributed by atoms with Gasteiger partial charge in [0.25, 0.3) is 0 Å². The number of nitriles is 1. The van der Waals surface area contributed by atoms with Crippen molar-refractivity contribution in [1.29, 1.82) is 5.26 Å². The molecule has 3 rings (SSSR count). The molecule has 1 aromatic heterocycles. The molecule has 0 saturated heterocycles. The van der Waals surface area contributed by atoms with Crippen molar-refractivity contribution in [2.45, 2.75) is 26.3 Å². The van der Waals surface area contributed by atoms with Gasteiger partial charge in [-0.15, -0.1) is 0 Å². The Morgan fingerprint density at radius 1 is 1.20 bits per heavy atom. The molecule has 0 spiro atoms. The van der Waals surface area contributed by atoms with Crippen LogP contribution in [0.1, 0.15) is 24.6 Å². The standard InChI is InChI=1S/C20H18ClFN2O/c1-2-3-16-12-18-19(9-4-14(13-23)20(18)21)24(16)10-11-25-17-7-5-15(22)6-8-17/h4-9,12H,2-3,10-11H2,1H3. The summed E-state index contributed by atoms with van der Waals surface area (Å²) in [6.45, 7) is 3.24. The van der Waals surface area contributed by atoms with E-state index >= 15 is 0 Å². The highest BCUT2D eigenvalue weighted by molar-refractivity contribution is 6.36. The fourth-order valence-corrected chi connectivity index (χ4v) is 3.21. The first kappa shape index (κ1) is 17.3. The average molecular weight is 357 g/mol. The number of benzene rings is 2. The monoisotopic (exact) mass is 356 g/mol. The van der Waals surface area contributed by atoms with Crippen LogP contribution in [0.4, 0.5) is 4.39 Å². The lowest BCUT2D eigenvalue weighted by molar-refractivity contribution is 0.298. The van der Waals surface area contributed by atoms with Crippen molar-refractivity contribution in [3.8, 4) is 11.8 Å². The summed E-state index contributed by atoms with van der Waals surface area (Å²) in [5.74, 6) is 0.358. The van der Waals surface area contributed by atoms with Crippen LogP contribution in [0.15, 0.2) is 42.5 Å². The van der Waals surface area contributed by atoms with Gasteiger partial charge in [-0.2, -0.15) is 5.26 Å². The van der Waals surface area contributed by atoms with Crippen molar-refractivity contribution in [3.63, 3.8) is 0 Å². The molecule has 0 atom stereocenters. The van der Waals surface area contributed by atoms with Gasteiger partial charge in [0.15, 0.2) is 0 Å². The van der Waals surface area contributed by atoms with Gasteiger partial charge in [0.05, 0.1) is 17.1 Å². The van der Waals surface area contributed by atoms with Crippen LogP contribution >= 0.6 is 11.6 Å². The first-order chi connectivity index (χ1) is 12.1. The van der Waals surface area contributed by atoms with Crippen LogP contribution in [0.2, 0.25) is 5.02 Å². The smallest absolute Gasteiger partial charge is 0.123 e. The molecule has 3 nitrogen and oxygen atoms in total. The molecule has 5 heteroatoms. The van der Waals surface area contributed by atoms with E-state index in [-0.39, 0.29) is 5.82 Å². The normalized spacial score (nSPS) is 10.8. The number of hydrogen-bond donors (Lipinski definition) is 0. The lowest BCUT2D eigenvalue weighted by Gasteiger charge is -2.12. The second-order valence-electron chi connectivity index (χ2n) is 5.81. The molecular formula is C20H18ClFN2O. The van der Waals surface area contributed by atoms with Crippen LogP contribution in [0.3, 0.4) is 0 Å². The number of rotatable bonds is 6. The summed E-state index contributed by atoms with van der Waals surface area (Å²) in [5, 5.41) is 10.5. The summed E-state index contributed by atoms with van der Waals surface area (Å²) in [4.78, 5) is 0. The summed E-state index contributed by atoms with van der Waals surface area (Å²) < 4.78 is 20.8. The van der Waals surface area contributed by atoms with Gasteiger partial charge in [0.1, 0.15) is 24.2 Å². The van der Waals surface area contributed by atoms with Crippen LogP contribution in [0.25, 0.3) is 10.9 Å². The number of halogens is 2. The SMILES string of the molecule is CCCc1cc2c(Cl)c(C#N)ccc2n1CCOc1ccc(F)cc1. The Labute approximate surface area is 151 Å². The van der Waals surface area contributed by atoms with E-state index in [9.17, 15) is 4.39 Å². The van der Waals surface area contributed by atoms with Gasteiger partial charge >= 0.3 is 0 Å². The third-order valence-electron chi connectivity index (χ3n) is 4.13. The van der Waals surface area contributed by atoms with E-state index in [1.165, 1.54) is 12.1 Å². The second-order valence-corrected chi connectivity index (χ2v) is 6.19. The molecule has 25 heavy (non-hydrogen) atoms. The van der Waals surface area contributed by atoms with Gasteiger partial charge in [-0.3, -0.25) is 0 Å². The van der Waals surface area contributed by atoms with Crippen molar-refractivity contribution < 1.29 is 9.13 Å². The lowest BCUT2D eigenvalue weighted by Crippen LogP contribution is -2.10. The predicted octanol–water partition coefficient (Wildman–Crippen LogP) is 5.34. The quantitative estimate of drug-likeness (QED) is 0.598. The minimum atomic E-state index is -0.281. The molecule has 0 fully saturated rings. The Balaban J connectivity index is 1.86. The van der Waals surface area contributed by atoms with Gasteiger partial charge in [0, 0.05) is 16.6 Å². The van der Waals surface area contributed by atoms with Gasteiger partial charge in [0.2, 0.25) is 0 Å². The number of aromatic nitrogens is 1. The molecule has 0 aliphatic carbocycles. The van der Waals surface area contributed by atoms with Gasteiger partial charge in [-0.05, 0) is 48.9 Å². The number of hydrogen-bond acceptors (Lipinski definition) is 2. The highest BCUT2D eigenvalue weighted by Gasteiger charge is 2.13. The summed E-state index contributed by atoms with van der Waals surface area (Å²) in [5.41, 5.74) is 2.64. The molecule has 3 aromatic rings. The Hall–Kier alpha value is -2.51. The molecule has 0 radical (unpaired) electrons. The maximum Gasteiger partial charge on any atom is 0.123 e. The highest BCUT2D eigenvalue weighted by Crippen LogP contribution is 2.30. The van der Waals surface area contributed by atoms with Gasteiger partial charge < -0.3 is 9.30 Å². The summed E-state index contributed by atoms with van der Waals surface area (Å²) in [6.07, 6.45) is 1.93. The van der Waals surface area contributed by atoms with Crippen molar-refractivity contribution in [3.05, 3.63) is 64.6 Å². The largest absolute Gasteiger partial charge is 0.492 e. The lowest BCUT2D eigenvalue weighted by atomic mass is 10.1. The fraction of sp³-hybridized carbons (Fsp3) is 0.250. The van der Waals surface area contributed by atoms with Gasteiger partial charge in [-0.25, -0.2) is 4.39 Å². The van der Waals surface area contributed by atoms with Crippen LogP contribution in [-0.2, 0) is 13.0 Å². The molecule has 2 aromatic carbocycles. The van der Waals surface area contributed by atoms with E-state index in [4.69, 9.17) is 21.6 Å². The Kier molecular flexibility index (Phi) is 5.25. The zero-order chi connectivity index (χ0) is 17.8. The van der Waals surface area contributed by atoms with E-state index < -0.39 is 0 Å². The van der Waals surface area contributed by atoms with Crippen molar-refractivity contribution in [2.75, 3.05) is 6.61 Å². The van der Waals surface area contributed by atoms with Crippen molar-refractivity contribution in [1.82, 2.24) is 4.57 Å². The molecule has 0 aliphatic heterocycles. The Bertz CT molecular complexity index is 926. The topological polar surface area (TPSA) is 38.0 Å². The van der Waals surface area contributed by atoms with E-state index in [2.05, 4.69) is 23.6 Å². The Morgan fingerprint density at radius 3 is 2.64 bits per heavy atom. The van der Waals surface area contributed by atoms with Crippen molar-refractivity contribution in [2.24, 2.45) is 0 Å². The van der Waals surface area contributed by atoms with E-state index in [1.54, 1.807) is 18.2 Å². The average Bonchev–Trinajstić information content (AvgIpc) is 2.96. The van der Waals surface area contributed by atoms with Crippen LogP contribution in [0, 0.1) is 17.1 Å². The molecule has 0 amide bonds. The van der Waals surface area contributed by atoms with Crippen LogP contribution in [-0.4, -0.2) is 11.2 Å². The Morgan fingerprint density at radius 2 is 1.96 bits per heavy atom. The molecule has 0 N–H and O–H groups in total. The summed E-state index contributed by atoms with van der Waals surface area (Å²) in [7, 11) is 0. The zero-order valence-corrected chi connectivity index (χ0v) is 14.7. The predicted molar refractivity (Wildman–Crippen MR) is 97.6 cm³/mol. The minimum absolute atomic E-state index is 0.281. The number of nitrogens with zero attached hydrogens (tertiary/aromatic N) is 2. The van der Waals surface area contributed by atoms with E-state index in [0.29, 0.717) is 29.5 Å². The zero-order valence-electron chi connectivity index (χ0n) is 13.9. The maximum absolute atomic E-state index is 12.9. The van der Waals surface area contributed by atoms with Crippen LogP contribution in [0.5, 0.6) is 5.75 Å². The molecule has 128 valence electrons. The first-order valence-corrected chi connectivity index (χ1v) is 8.61. The first-order valence-electron chi connectivity index (χ1n) is 8.23.